The van der Waals surface area contributed by atoms with E-state index in [0.29, 0.717) is 0 Å². The molecule has 1 aromatic rings. The third kappa shape index (κ3) is 5.68. The van der Waals surface area contributed by atoms with Gasteiger partial charge in [-0.2, -0.15) is 0 Å². The van der Waals surface area contributed by atoms with E-state index in [0.717, 1.165) is 11.8 Å². The molecule has 19 heavy (non-hydrogen) atoms. The number of nitrogens with one attached hydrogen (secondary N) is 2. The van der Waals surface area contributed by atoms with Crippen LogP contribution in [0.5, 0.6) is 0 Å². The molecule has 6 nitrogen and oxygen atoms in total. The number of sulfonamides is 2. The van der Waals surface area contributed by atoms with Crippen molar-refractivity contribution in [1.29, 1.82) is 0 Å². The zero-order chi connectivity index (χ0) is 14.7. The lowest BCUT2D eigenvalue weighted by Crippen LogP contribution is -2.41. The highest BCUT2D eigenvalue weighted by Crippen LogP contribution is 2.09. The summed E-state index contributed by atoms with van der Waals surface area (Å²) in [4.78, 5) is 0.157. The van der Waals surface area contributed by atoms with Gasteiger partial charge in [0.25, 0.3) is 0 Å². The summed E-state index contributed by atoms with van der Waals surface area (Å²) >= 11 is 0. The van der Waals surface area contributed by atoms with E-state index in [1.807, 2.05) is 6.92 Å². The van der Waals surface area contributed by atoms with E-state index in [4.69, 9.17) is 0 Å². The Labute approximate surface area is 114 Å². The Morgan fingerprint density at radius 3 is 2.11 bits per heavy atom. The average molecular weight is 306 g/mol. The third-order valence-corrected chi connectivity index (χ3v) is 4.60. The maximum atomic E-state index is 11.9. The van der Waals surface area contributed by atoms with Gasteiger partial charge in [0.05, 0.1) is 11.2 Å². The molecule has 0 heterocycles. The fourth-order valence-corrected chi connectivity index (χ4v) is 3.39. The van der Waals surface area contributed by atoms with E-state index >= 15 is 0 Å². The van der Waals surface area contributed by atoms with Gasteiger partial charge in [-0.3, -0.25) is 0 Å². The molecule has 1 atom stereocenters. The topological polar surface area (TPSA) is 92.3 Å². The minimum atomic E-state index is -3.61. The fourth-order valence-electron chi connectivity index (χ4n) is 1.44. The van der Waals surface area contributed by atoms with Crippen LogP contribution < -0.4 is 9.44 Å². The fraction of sp³-hybridized carbons (Fsp3) is 0.455. The molecular weight excluding hydrogens is 288 g/mol. The molecular formula is C11H18N2O4S2. The number of rotatable bonds is 6. The molecule has 0 saturated heterocycles. The van der Waals surface area contributed by atoms with E-state index in [-0.39, 0.29) is 11.4 Å². The van der Waals surface area contributed by atoms with Crippen molar-refractivity contribution in [2.45, 2.75) is 24.8 Å². The van der Waals surface area contributed by atoms with Crippen LogP contribution >= 0.6 is 0 Å². The standard InChI is InChI=1S/C11H18N2O4S2/c1-9-4-6-11(7-5-9)19(16,17)12-8-10(2)13-18(3,14)15/h4-7,10,12-13H,8H2,1-3H3/t10-/m1/s1. The molecule has 2 N–H and O–H groups in total. The first kappa shape index (κ1) is 16.1. The van der Waals surface area contributed by atoms with Crippen LogP contribution in [0.2, 0.25) is 0 Å². The van der Waals surface area contributed by atoms with Crippen molar-refractivity contribution in [3.8, 4) is 0 Å². The Kier molecular flexibility index (Phi) is 5.08. The molecule has 0 radical (unpaired) electrons. The summed E-state index contributed by atoms with van der Waals surface area (Å²) in [6.45, 7) is 3.43. The lowest BCUT2D eigenvalue weighted by molar-refractivity contribution is 0.548. The lowest BCUT2D eigenvalue weighted by atomic mass is 10.2. The molecule has 0 bridgehead atoms. The quantitative estimate of drug-likeness (QED) is 0.786. The molecule has 0 fully saturated rings. The summed E-state index contributed by atoms with van der Waals surface area (Å²) in [6, 6.07) is 5.90. The third-order valence-electron chi connectivity index (χ3n) is 2.33. The first-order chi connectivity index (χ1) is 8.60. The van der Waals surface area contributed by atoms with Gasteiger partial charge in [-0.1, -0.05) is 17.7 Å². The van der Waals surface area contributed by atoms with Gasteiger partial charge < -0.3 is 0 Å². The maximum Gasteiger partial charge on any atom is 0.240 e. The van der Waals surface area contributed by atoms with Crippen LogP contribution in [0.1, 0.15) is 12.5 Å². The van der Waals surface area contributed by atoms with Gasteiger partial charge in [-0.25, -0.2) is 26.3 Å². The Hall–Kier alpha value is -0.960. The second kappa shape index (κ2) is 6.00. The monoisotopic (exact) mass is 306 g/mol. The Balaban J connectivity index is 2.68. The van der Waals surface area contributed by atoms with Gasteiger partial charge in [-0.15, -0.1) is 0 Å². The van der Waals surface area contributed by atoms with Crippen molar-refractivity contribution in [2.75, 3.05) is 12.8 Å². The van der Waals surface area contributed by atoms with Gasteiger partial charge in [0.1, 0.15) is 0 Å². The van der Waals surface area contributed by atoms with Gasteiger partial charge in [0, 0.05) is 12.6 Å². The average Bonchev–Trinajstić information content (AvgIpc) is 2.25. The van der Waals surface area contributed by atoms with Crippen molar-refractivity contribution < 1.29 is 16.8 Å². The van der Waals surface area contributed by atoms with Crippen LogP contribution in [0.15, 0.2) is 29.2 Å². The van der Waals surface area contributed by atoms with Crippen molar-refractivity contribution in [2.24, 2.45) is 0 Å². The normalized spacial score (nSPS) is 14.3. The summed E-state index contributed by atoms with van der Waals surface area (Å²) in [6.07, 6.45) is 1.03. The molecule has 0 saturated carbocycles. The van der Waals surface area contributed by atoms with Gasteiger partial charge >= 0.3 is 0 Å². The first-order valence-electron chi connectivity index (χ1n) is 5.64. The molecule has 0 amide bonds. The highest BCUT2D eigenvalue weighted by molar-refractivity contribution is 7.89. The number of aryl methyl sites for hydroxylation is 1. The van der Waals surface area contributed by atoms with E-state index < -0.39 is 26.1 Å². The Bertz CT molecular complexity index is 621. The van der Waals surface area contributed by atoms with E-state index in [1.165, 1.54) is 12.1 Å². The predicted octanol–water partition coefficient (Wildman–Crippen LogP) is 0.211. The van der Waals surface area contributed by atoms with Crippen LogP contribution in [0, 0.1) is 6.92 Å². The predicted molar refractivity (Wildman–Crippen MR) is 73.8 cm³/mol. The zero-order valence-corrected chi connectivity index (χ0v) is 12.7. The molecule has 0 unspecified atom stereocenters. The molecule has 0 aromatic heterocycles. The van der Waals surface area contributed by atoms with Crippen molar-refractivity contribution in [3.05, 3.63) is 29.8 Å². The largest absolute Gasteiger partial charge is 0.240 e. The molecule has 0 spiro atoms. The highest BCUT2D eigenvalue weighted by Gasteiger charge is 2.16. The molecule has 1 aromatic carbocycles. The zero-order valence-electron chi connectivity index (χ0n) is 11.0. The van der Waals surface area contributed by atoms with Crippen LogP contribution in [0.4, 0.5) is 0 Å². The summed E-state index contributed by atoms with van der Waals surface area (Å²) in [7, 11) is -6.96. The molecule has 0 aliphatic carbocycles. The van der Waals surface area contributed by atoms with Crippen LogP contribution in [-0.2, 0) is 20.0 Å². The maximum absolute atomic E-state index is 11.9. The molecule has 1 rings (SSSR count). The van der Waals surface area contributed by atoms with Crippen molar-refractivity contribution in [1.82, 2.24) is 9.44 Å². The lowest BCUT2D eigenvalue weighted by Gasteiger charge is -2.13. The minimum absolute atomic E-state index is 0.0106. The minimum Gasteiger partial charge on any atom is -0.213 e. The smallest absolute Gasteiger partial charge is 0.213 e. The highest BCUT2D eigenvalue weighted by atomic mass is 32.2. The molecule has 8 heteroatoms. The van der Waals surface area contributed by atoms with Crippen molar-refractivity contribution in [3.63, 3.8) is 0 Å². The number of hydrogen-bond donors (Lipinski definition) is 2. The Morgan fingerprint density at radius 2 is 1.63 bits per heavy atom. The summed E-state index contributed by atoms with van der Waals surface area (Å²) in [5.41, 5.74) is 0.964. The van der Waals surface area contributed by atoms with Crippen LogP contribution in [-0.4, -0.2) is 35.7 Å². The Morgan fingerprint density at radius 1 is 1.11 bits per heavy atom. The van der Waals surface area contributed by atoms with Crippen LogP contribution in [0.25, 0.3) is 0 Å². The second-order valence-corrected chi connectivity index (χ2v) is 8.00. The first-order valence-corrected chi connectivity index (χ1v) is 9.01. The van der Waals surface area contributed by atoms with E-state index in [1.54, 1.807) is 19.1 Å². The molecule has 108 valence electrons. The molecule has 0 aliphatic heterocycles. The second-order valence-electron chi connectivity index (χ2n) is 4.46. The molecule has 0 aliphatic rings. The number of benzene rings is 1. The summed E-state index contributed by atoms with van der Waals surface area (Å²) in [5, 5.41) is 0. The van der Waals surface area contributed by atoms with E-state index in [2.05, 4.69) is 9.44 Å². The summed E-state index contributed by atoms with van der Waals surface area (Å²) in [5.74, 6) is 0. The van der Waals surface area contributed by atoms with Crippen LogP contribution in [0.3, 0.4) is 0 Å². The SMILES string of the molecule is Cc1ccc(S(=O)(=O)NC[C@@H](C)NS(C)(=O)=O)cc1. The van der Waals surface area contributed by atoms with Crippen molar-refractivity contribution >= 4 is 20.0 Å². The summed E-state index contributed by atoms with van der Waals surface area (Å²) < 4.78 is 50.5. The number of hydrogen-bond acceptors (Lipinski definition) is 4. The van der Waals surface area contributed by atoms with Gasteiger partial charge in [0.15, 0.2) is 0 Å². The van der Waals surface area contributed by atoms with E-state index in [9.17, 15) is 16.8 Å². The van der Waals surface area contributed by atoms with Gasteiger partial charge in [0.2, 0.25) is 20.0 Å². The van der Waals surface area contributed by atoms with Gasteiger partial charge in [-0.05, 0) is 26.0 Å².